The van der Waals surface area contributed by atoms with E-state index in [2.05, 4.69) is 113 Å². The molecule has 0 saturated carbocycles. The number of unbranched alkanes of at least 4 members (excludes halogenated alkanes) is 29. The van der Waals surface area contributed by atoms with Crippen LogP contribution in [0.25, 0.3) is 0 Å². The van der Waals surface area contributed by atoms with E-state index in [1.807, 2.05) is 0 Å². The highest BCUT2D eigenvalue weighted by Crippen LogP contribution is 2.45. The molecule has 0 aromatic carbocycles. The average molecular weight is 1370 g/mol. The number of carbonyl (C=O) groups is 4. The molecule has 0 bridgehead atoms. The third-order valence-corrected chi connectivity index (χ3v) is 17.2. The summed E-state index contributed by atoms with van der Waals surface area (Å²) >= 11 is 0. The van der Waals surface area contributed by atoms with E-state index in [0.717, 1.165) is 154 Å². The minimum absolute atomic E-state index is 0.0763. The van der Waals surface area contributed by atoms with Crippen molar-refractivity contribution in [3.63, 3.8) is 0 Å². The first-order valence-corrected chi connectivity index (χ1v) is 39.8. The normalized spacial score (nSPS) is 14.5. The summed E-state index contributed by atoms with van der Waals surface area (Å²) in [4.78, 5) is 72.6. The molecule has 94 heavy (non-hydrogen) atoms. The second kappa shape index (κ2) is 67.8. The number of hydrogen-bond donors (Lipinski definition) is 3. The predicted molar refractivity (Wildman–Crippen MR) is 381 cm³/mol. The molecule has 0 saturated heterocycles. The molecule has 0 rings (SSSR count). The van der Waals surface area contributed by atoms with Crippen molar-refractivity contribution in [1.82, 2.24) is 0 Å². The molecule has 5 unspecified atom stereocenters. The zero-order valence-electron chi connectivity index (χ0n) is 59.1. The lowest BCUT2D eigenvalue weighted by atomic mass is 10.1. The lowest BCUT2D eigenvalue weighted by molar-refractivity contribution is -0.161. The van der Waals surface area contributed by atoms with E-state index in [1.165, 1.54) is 77.0 Å². The fourth-order valence-electron chi connectivity index (χ4n) is 9.65. The topological polar surface area (TPSA) is 237 Å². The second-order valence-electron chi connectivity index (χ2n) is 24.5. The SMILES string of the molecule is CC/C=C\C/C=C\C/C=C\C/C=C\CCCCC(=O)OCC(COP(=O)(O)OCC(O)COP(=O)(O)OCC(COC(=O)CCCCCCC/C=C\CCCCCCCC)OC(=O)CCCCCCC/C=C\CCCC)OC(=O)CCCCCCC/C=C\CCCCCC. The lowest BCUT2D eigenvalue weighted by Gasteiger charge is -2.21. The van der Waals surface area contributed by atoms with Gasteiger partial charge in [0, 0.05) is 25.7 Å². The molecule has 3 N–H and O–H groups in total. The summed E-state index contributed by atoms with van der Waals surface area (Å²) in [6, 6.07) is 0. The number of hydrogen-bond acceptors (Lipinski definition) is 15. The number of phosphoric ester groups is 2. The fraction of sp³-hybridized carbons (Fsp3) is 0.760. The van der Waals surface area contributed by atoms with Crippen molar-refractivity contribution in [3.8, 4) is 0 Å². The summed E-state index contributed by atoms with van der Waals surface area (Å²) in [5.41, 5.74) is 0. The van der Waals surface area contributed by atoms with Gasteiger partial charge >= 0.3 is 39.5 Å². The Hall–Kier alpha value is -3.76. The van der Waals surface area contributed by atoms with Crippen LogP contribution < -0.4 is 0 Å². The van der Waals surface area contributed by atoms with Crippen LogP contribution in [0.15, 0.2) is 85.1 Å². The Bertz CT molecular complexity index is 2120. The summed E-state index contributed by atoms with van der Waals surface area (Å²) < 4.78 is 68.3. The van der Waals surface area contributed by atoms with Crippen LogP contribution in [-0.2, 0) is 65.4 Å². The number of phosphoric acid groups is 2. The molecule has 5 atom stereocenters. The minimum atomic E-state index is -4.98. The molecular weight excluding hydrogens is 1230 g/mol. The zero-order chi connectivity index (χ0) is 69.0. The van der Waals surface area contributed by atoms with Gasteiger partial charge in [0.25, 0.3) is 0 Å². The molecular formula is C75H132O17P2. The van der Waals surface area contributed by atoms with Gasteiger partial charge in [-0.25, -0.2) is 9.13 Å². The largest absolute Gasteiger partial charge is 0.472 e. The highest BCUT2D eigenvalue weighted by atomic mass is 31.2. The first-order valence-electron chi connectivity index (χ1n) is 36.8. The third kappa shape index (κ3) is 66.8. The van der Waals surface area contributed by atoms with Crippen molar-refractivity contribution in [2.45, 2.75) is 329 Å². The number of aliphatic hydroxyl groups is 1. The molecule has 0 aliphatic rings. The van der Waals surface area contributed by atoms with E-state index in [-0.39, 0.29) is 25.7 Å². The Morgan fingerprint density at radius 3 is 0.926 bits per heavy atom. The highest BCUT2D eigenvalue weighted by molar-refractivity contribution is 7.47. The summed E-state index contributed by atoms with van der Waals surface area (Å²) in [5, 5.41) is 10.6. The summed E-state index contributed by atoms with van der Waals surface area (Å²) in [7, 11) is -9.95. The van der Waals surface area contributed by atoms with Crippen LogP contribution >= 0.6 is 15.6 Å². The molecule has 0 heterocycles. The van der Waals surface area contributed by atoms with Gasteiger partial charge in [-0.05, 0) is 135 Å². The Morgan fingerprint density at radius 1 is 0.309 bits per heavy atom. The van der Waals surface area contributed by atoms with Crippen LogP contribution in [0.2, 0.25) is 0 Å². The number of allylic oxidation sites excluding steroid dienone is 14. The maximum absolute atomic E-state index is 13.0. The number of carbonyl (C=O) groups excluding carboxylic acids is 4. The van der Waals surface area contributed by atoms with Crippen molar-refractivity contribution >= 4 is 39.5 Å². The Labute approximate surface area is 570 Å². The molecule has 0 spiro atoms. The number of ether oxygens (including phenoxy) is 4. The monoisotopic (exact) mass is 1370 g/mol. The average Bonchev–Trinajstić information content (AvgIpc) is 1.55. The third-order valence-electron chi connectivity index (χ3n) is 15.3. The van der Waals surface area contributed by atoms with Crippen molar-refractivity contribution in [2.75, 3.05) is 39.6 Å². The molecule has 19 heteroatoms. The highest BCUT2D eigenvalue weighted by Gasteiger charge is 2.30. The van der Waals surface area contributed by atoms with Crippen LogP contribution in [-0.4, -0.2) is 96.7 Å². The summed E-state index contributed by atoms with van der Waals surface area (Å²) in [5.74, 6) is -2.24. The molecule has 0 aromatic rings. The van der Waals surface area contributed by atoms with Crippen molar-refractivity contribution in [2.24, 2.45) is 0 Å². The van der Waals surface area contributed by atoms with Crippen LogP contribution in [0.3, 0.4) is 0 Å². The van der Waals surface area contributed by atoms with Crippen LogP contribution in [0, 0.1) is 0 Å². The molecule has 0 fully saturated rings. The predicted octanol–water partition coefficient (Wildman–Crippen LogP) is 20.7. The molecule has 544 valence electrons. The summed E-state index contributed by atoms with van der Waals surface area (Å²) in [6.07, 6.45) is 67.4. The van der Waals surface area contributed by atoms with Crippen molar-refractivity contribution in [3.05, 3.63) is 85.1 Å². The van der Waals surface area contributed by atoms with Crippen molar-refractivity contribution in [1.29, 1.82) is 0 Å². The number of rotatable bonds is 69. The van der Waals surface area contributed by atoms with Crippen LogP contribution in [0.1, 0.15) is 310 Å². The van der Waals surface area contributed by atoms with E-state index < -0.39 is 97.5 Å². The van der Waals surface area contributed by atoms with E-state index in [4.69, 9.17) is 37.0 Å². The van der Waals surface area contributed by atoms with Gasteiger partial charge in [-0.3, -0.25) is 37.3 Å². The Balaban J connectivity index is 5.35. The summed E-state index contributed by atoms with van der Waals surface area (Å²) in [6.45, 7) is 4.63. The van der Waals surface area contributed by atoms with Gasteiger partial charge in [0.1, 0.15) is 19.3 Å². The molecule has 17 nitrogen and oxygen atoms in total. The quantitative estimate of drug-likeness (QED) is 0.0169. The number of esters is 4. The van der Waals surface area contributed by atoms with Gasteiger partial charge in [-0.1, -0.05) is 235 Å². The first kappa shape index (κ1) is 90.2. The maximum Gasteiger partial charge on any atom is 0.472 e. The first-order chi connectivity index (χ1) is 45.7. The van der Waals surface area contributed by atoms with Gasteiger partial charge in [0.15, 0.2) is 12.2 Å². The molecule has 0 aliphatic carbocycles. The smallest absolute Gasteiger partial charge is 0.462 e. The second-order valence-corrected chi connectivity index (χ2v) is 27.4. The minimum Gasteiger partial charge on any atom is -0.462 e. The van der Waals surface area contributed by atoms with Gasteiger partial charge in [-0.15, -0.1) is 0 Å². The van der Waals surface area contributed by atoms with Crippen LogP contribution in [0.4, 0.5) is 0 Å². The van der Waals surface area contributed by atoms with Crippen molar-refractivity contribution < 1.29 is 80.2 Å². The number of aliphatic hydroxyl groups excluding tert-OH is 1. The van der Waals surface area contributed by atoms with E-state index >= 15 is 0 Å². The Kier molecular flexibility index (Phi) is 65.1. The fourth-order valence-corrected chi connectivity index (χ4v) is 11.2. The van der Waals surface area contributed by atoms with Crippen LogP contribution in [0.5, 0.6) is 0 Å². The van der Waals surface area contributed by atoms with Gasteiger partial charge in [-0.2, -0.15) is 0 Å². The van der Waals surface area contributed by atoms with E-state index in [9.17, 15) is 43.2 Å². The standard InChI is InChI=1S/C75H132O17P2/c1-5-9-13-17-21-25-29-32-34-37-40-43-47-51-55-59-72(77)85-65-70(91-74(79)61-57-53-49-45-39-28-24-20-16-12-8-4)67-89-93(81,82)87-63-69(76)64-88-94(83,84)90-68-71(92-75(80)62-58-54-50-46-42-36-31-27-23-19-15-11-7-3)66-86-73(78)60-56-52-48-44-41-38-35-33-30-26-22-18-14-10-6-2/h10,14,20,22,24,26-27,31-35,41,44,69-71,76H,5-9,11-13,15-19,21,23,25,28-30,36-40,42-43,45-68H2,1-4H3,(H,81,82)(H,83,84)/b14-10-,24-20-,26-22-,31-27-,34-32-,35-33-,44-41-. The van der Waals surface area contributed by atoms with E-state index in [1.54, 1.807) is 0 Å². The maximum atomic E-state index is 13.0. The van der Waals surface area contributed by atoms with Gasteiger partial charge in [0.2, 0.25) is 0 Å². The molecule has 0 radical (unpaired) electrons. The molecule has 0 amide bonds. The zero-order valence-corrected chi connectivity index (χ0v) is 60.9. The van der Waals surface area contributed by atoms with Gasteiger partial charge in [0.05, 0.1) is 26.4 Å². The Morgan fingerprint density at radius 2 is 0.564 bits per heavy atom. The molecule has 0 aliphatic heterocycles. The van der Waals surface area contributed by atoms with Gasteiger partial charge < -0.3 is 33.8 Å². The lowest BCUT2D eigenvalue weighted by Crippen LogP contribution is -2.30. The van der Waals surface area contributed by atoms with E-state index in [0.29, 0.717) is 25.7 Å². The molecule has 0 aromatic heterocycles.